The van der Waals surface area contributed by atoms with Crippen molar-refractivity contribution >= 4 is 33.6 Å². The number of aliphatic hydroxyl groups is 2. The van der Waals surface area contributed by atoms with Gasteiger partial charge in [-0.2, -0.15) is 0 Å². The summed E-state index contributed by atoms with van der Waals surface area (Å²) in [6.45, 7) is 2.45. The predicted octanol–water partition coefficient (Wildman–Crippen LogP) is 29.8. The van der Waals surface area contributed by atoms with Crippen LogP contribution in [0.5, 0.6) is 0 Å². The maximum atomic E-state index is 13.1. The number of aliphatic hydroxyl groups excluding tert-OH is 2. The van der Waals surface area contributed by atoms with E-state index in [1.165, 1.54) is 122 Å². The molecule has 0 fully saturated rings. The molecule has 5 atom stereocenters. The van der Waals surface area contributed by atoms with Gasteiger partial charge in [-0.1, -0.05) is 389 Å². The highest BCUT2D eigenvalue weighted by Crippen LogP contribution is 2.45. The number of ether oxygens (including phenoxy) is 3. The Morgan fingerprint density at radius 1 is 0.240 bits per heavy atom. The number of phosphoric acid groups is 2. The summed E-state index contributed by atoms with van der Waals surface area (Å²) in [5.74, 6) is -1.59. The molecule has 0 aromatic carbocycles. The first kappa shape index (κ1) is 115. The Kier molecular flexibility index (Phi) is 89.2. The first-order valence-electron chi connectivity index (χ1n) is 47.7. The van der Waals surface area contributed by atoms with Crippen LogP contribution in [-0.4, -0.2) is 95.9 Å². The number of carbonyl (C=O) groups excluding carboxylic acids is 3. The molecule has 0 heterocycles. The van der Waals surface area contributed by atoms with Crippen molar-refractivity contribution in [3.63, 3.8) is 0 Å². The molecule has 0 aliphatic rings. The van der Waals surface area contributed by atoms with Crippen LogP contribution in [0.15, 0.2) is 194 Å². The number of unbranched alkanes of at least 4 members (excludes halogenated alkanes) is 34. The Morgan fingerprint density at radius 3 is 0.694 bits per heavy atom. The lowest BCUT2D eigenvalue weighted by atomic mass is 10.0. The van der Waals surface area contributed by atoms with Gasteiger partial charge in [-0.15, -0.1) is 0 Å². The molecule has 0 rings (SSSR count). The van der Waals surface area contributed by atoms with Crippen LogP contribution in [0.3, 0.4) is 0 Å². The quantitative estimate of drug-likeness (QED) is 0.0146. The number of hydrogen-bond acceptors (Lipinski definition) is 14. The predicted molar refractivity (Wildman–Crippen MR) is 509 cm³/mol. The van der Waals surface area contributed by atoms with Gasteiger partial charge in [-0.05, 0) is 167 Å². The molecule has 121 heavy (non-hydrogen) atoms. The van der Waals surface area contributed by atoms with Crippen LogP contribution >= 0.6 is 15.6 Å². The van der Waals surface area contributed by atoms with Crippen LogP contribution in [0.25, 0.3) is 0 Å². The molecular weight excluding hydrogens is 1560 g/mol. The van der Waals surface area contributed by atoms with Gasteiger partial charge in [-0.25, -0.2) is 9.13 Å². The Hall–Kier alpha value is -5.61. The normalized spacial score (nSPS) is 14.6. The molecule has 0 spiro atoms. The van der Waals surface area contributed by atoms with Gasteiger partial charge in [0.1, 0.15) is 25.4 Å². The molecule has 18 heteroatoms. The van der Waals surface area contributed by atoms with Crippen molar-refractivity contribution < 1.29 is 75.8 Å². The summed E-state index contributed by atoms with van der Waals surface area (Å²) in [7, 11) is -9.82. The van der Waals surface area contributed by atoms with Crippen molar-refractivity contribution in [3.8, 4) is 0 Å². The third kappa shape index (κ3) is 94.9. The first-order valence-corrected chi connectivity index (χ1v) is 50.7. The average molecular weight is 1730 g/mol. The minimum Gasteiger partial charge on any atom is -0.463 e. The van der Waals surface area contributed by atoms with E-state index in [1.54, 1.807) is 0 Å². The van der Waals surface area contributed by atoms with Crippen molar-refractivity contribution in [1.29, 1.82) is 0 Å². The molecule has 0 amide bonds. The van der Waals surface area contributed by atoms with Gasteiger partial charge in [-0.3, -0.25) is 32.5 Å². The minimum absolute atomic E-state index is 0.0896. The lowest BCUT2D eigenvalue weighted by molar-refractivity contribution is -0.161. The molecule has 0 aromatic rings. The van der Waals surface area contributed by atoms with Crippen molar-refractivity contribution in [1.82, 2.24) is 0 Å². The van der Waals surface area contributed by atoms with Crippen LogP contribution in [0.2, 0.25) is 0 Å². The highest BCUT2D eigenvalue weighted by atomic mass is 31.2. The topological polar surface area (TPSA) is 231 Å². The van der Waals surface area contributed by atoms with E-state index in [1.807, 2.05) is 0 Å². The summed E-state index contributed by atoms with van der Waals surface area (Å²) in [4.78, 5) is 59.1. The van der Waals surface area contributed by atoms with Crippen molar-refractivity contribution in [3.05, 3.63) is 194 Å². The smallest absolute Gasteiger partial charge is 0.463 e. The molecule has 5 unspecified atom stereocenters. The third-order valence-electron chi connectivity index (χ3n) is 19.8. The van der Waals surface area contributed by atoms with Crippen LogP contribution in [0.1, 0.15) is 380 Å². The molecule has 0 aromatic heterocycles. The van der Waals surface area contributed by atoms with Crippen LogP contribution in [-0.2, 0) is 55.8 Å². The number of allylic oxidation sites excluding steroid dienone is 32. The Morgan fingerprint density at radius 2 is 0.438 bits per heavy atom. The van der Waals surface area contributed by atoms with Gasteiger partial charge in [0, 0.05) is 19.3 Å². The number of carbonyl (C=O) groups is 3. The number of phosphoric ester groups is 2. The Labute approximate surface area is 737 Å². The summed E-state index contributed by atoms with van der Waals surface area (Å²) >= 11 is 0. The van der Waals surface area contributed by atoms with Crippen molar-refractivity contribution in [2.75, 3.05) is 39.6 Å². The first-order chi connectivity index (χ1) is 59.2. The van der Waals surface area contributed by atoms with Crippen LogP contribution in [0.4, 0.5) is 0 Å². The van der Waals surface area contributed by atoms with E-state index >= 15 is 0 Å². The van der Waals surface area contributed by atoms with E-state index < -0.39 is 91.5 Å². The van der Waals surface area contributed by atoms with Crippen molar-refractivity contribution in [2.24, 2.45) is 0 Å². The second-order valence-corrected chi connectivity index (χ2v) is 34.3. The standard InChI is InChI=1S/C103H172O16P2/c1-4-7-10-13-16-19-22-25-28-31-34-37-40-43-45-46-47-48-49-50-52-55-56-59-62-65-68-71-74-77-80-83-86-89-101(106)113-92-98(104)93-115-120(109,110)116-94-99(105)95-117-121(111,112)118-97-100(119-103(108)91-88-85-82-79-76-73-70-67-64-61-58-53-42-39-36-33-30-27-24-21-18-15-12-9-6-3)96-114-102(107)90-87-84-81-78-75-72-69-66-63-60-57-54-51-44-41-38-35-32-29-26-23-20-17-14-11-8-5-2/h7-8,10-11,16-21,25-30,34-39,43-45,47-48,51,53,57-58,60,98-100,104-105H,4-6,9,12-15,22-24,31-33,40-42,46,49-50,52,54-56,59,61-97H2,1-3H3,(H,109,110)(H,111,112)/b10-7-,11-8-,19-16-,20-17-,21-18-,28-25-,29-26-,30-27-,37-34-,38-35-,39-36-,45-43-,48-47-,51-44-,58-53-,60-57-. The number of hydrogen-bond donors (Lipinski definition) is 4. The van der Waals surface area contributed by atoms with E-state index in [4.69, 9.17) is 32.3 Å². The van der Waals surface area contributed by atoms with Gasteiger partial charge < -0.3 is 34.2 Å². The summed E-state index contributed by atoms with van der Waals surface area (Å²) in [6, 6.07) is 0. The zero-order valence-electron chi connectivity index (χ0n) is 76.1. The fourth-order valence-corrected chi connectivity index (χ4v) is 14.2. The van der Waals surface area contributed by atoms with Gasteiger partial charge in [0.15, 0.2) is 6.10 Å². The summed E-state index contributed by atoms with van der Waals surface area (Å²) in [6.07, 6.45) is 125. The maximum Gasteiger partial charge on any atom is 0.472 e. The van der Waals surface area contributed by atoms with Gasteiger partial charge in [0.25, 0.3) is 0 Å². The molecule has 0 aliphatic heterocycles. The third-order valence-corrected chi connectivity index (χ3v) is 21.7. The SMILES string of the molecule is CC/C=C\C/C=C\C/C=C\C/C=C\C/C=C\C/C=C\CCCCCCCCCCCCCCCCC(=O)OCC(O)COP(=O)(O)OCC(O)COP(=O)(O)OCC(COC(=O)CCCCCCCCCC/C=C\C/C=C\C/C=C\C/C=C\C/C=C\C/C=C\CC)OC(=O)CCCCCCCCCCC/C=C\C/C=C\C/C=C\C/C=C\CCCCC. The second kappa shape index (κ2) is 93.5. The molecule has 0 aliphatic carbocycles. The van der Waals surface area contributed by atoms with E-state index in [-0.39, 0.29) is 19.3 Å². The van der Waals surface area contributed by atoms with Gasteiger partial charge >= 0.3 is 33.6 Å². The second-order valence-electron chi connectivity index (χ2n) is 31.4. The van der Waals surface area contributed by atoms with Gasteiger partial charge in [0.05, 0.1) is 26.4 Å². The zero-order chi connectivity index (χ0) is 87.9. The molecule has 0 bridgehead atoms. The Balaban J connectivity index is 4.64. The molecule has 0 saturated heterocycles. The highest BCUT2D eigenvalue weighted by Gasteiger charge is 2.30. The fourth-order valence-electron chi connectivity index (χ4n) is 12.6. The van der Waals surface area contributed by atoms with E-state index in [2.05, 4.69) is 215 Å². The molecule has 0 saturated carbocycles. The lowest BCUT2D eigenvalue weighted by Crippen LogP contribution is -2.30. The molecule has 16 nitrogen and oxygen atoms in total. The number of rotatable bonds is 89. The Bertz CT molecular complexity index is 2980. The summed E-state index contributed by atoms with van der Waals surface area (Å²) in [5.41, 5.74) is 0. The van der Waals surface area contributed by atoms with E-state index in [9.17, 15) is 43.5 Å². The largest absolute Gasteiger partial charge is 0.472 e. The fraction of sp³-hybridized carbons (Fsp3) is 0.660. The van der Waals surface area contributed by atoms with Crippen LogP contribution in [0, 0.1) is 0 Å². The molecular formula is C103H172O16P2. The highest BCUT2D eigenvalue weighted by molar-refractivity contribution is 7.47. The monoisotopic (exact) mass is 1730 g/mol. The zero-order valence-corrected chi connectivity index (χ0v) is 77.9. The van der Waals surface area contributed by atoms with Crippen molar-refractivity contribution in [2.45, 2.75) is 399 Å². The molecule has 4 N–H and O–H groups in total. The van der Waals surface area contributed by atoms with E-state index in [0.717, 1.165) is 199 Å². The number of esters is 3. The molecule has 690 valence electrons. The molecule has 0 radical (unpaired) electrons. The average Bonchev–Trinajstić information content (AvgIpc) is 0.908. The van der Waals surface area contributed by atoms with Gasteiger partial charge in [0.2, 0.25) is 0 Å². The van der Waals surface area contributed by atoms with E-state index in [0.29, 0.717) is 19.3 Å². The van der Waals surface area contributed by atoms with Crippen LogP contribution < -0.4 is 0 Å². The minimum atomic E-state index is -4.95. The summed E-state index contributed by atoms with van der Waals surface area (Å²) < 4.78 is 61.6. The maximum absolute atomic E-state index is 13.1. The summed E-state index contributed by atoms with van der Waals surface area (Å²) in [5, 5.41) is 20.8. The lowest BCUT2D eigenvalue weighted by Gasteiger charge is -2.21.